The van der Waals surface area contributed by atoms with Crippen molar-refractivity contribution in [3.8, 4) is 0 Å². The predicted octanol–water partition coefficient (Wildman–Crippen LogP) is 1.76. The first kappa shape index (κ1) is 7.44. The highest BCUT2D eigenvalue weighted by Crippen LogP contribution is 2.33. The molecule has 0 amide bonds. The van der Waals surface area contributed by atoms with Crippen molar-refractivity contribution in [1.29, 1.82) is 0 Å². The zero-order valence-corrected chi connectivity index (χ0v) is 7.44. The number of aliphatic imine (C=N–C) groups is 1. The van der Waals surface area contributed by atoms with Gasteiger partial charge in [-0.2, -0.15) is 10.2 Å². The fourth-order valence-electron chi connectivity index (χ4n) is 1.64. The van der Waals surface area contributed by atoms with Gasteiger partial charge in [0, 0.05) is 11.6 Å². The molecule has 0 saturated heterocycles. The van der Waals surface area contributed by atoms with E-state index in [4.69, 9.17) is 0 Å². The largest absolute Gasteiger partial charge is 0.378 e. The molecular formula is C10H8N4. The Kier molecular flexibility index (Phi) is 1.47. The lowest BCUT2D eigenvalue weighted by Crippen LogP contribution is -2.07. The summed E-state index contributed by atoms with van der Waals surface area (Å²) in [5.74, 6) is 0. The van der Waals surface area contributed by atoms with Crippen LogP contribution in [0.25, 0.3) is 10.9 Å². The van der Waals surface area contributed by atoms with Crippen LogP contribution < -0.4 is 5.32 Å². The van der Waals surface area contributed by atoms with Crippen LogP contribution in [0.2, 0.25) is 0 Å². The molecule has 0 spiro atoms. The number of benzene rings is 1. The molecule has 3 rings (SSSR count). The molecule has 4 heteroatoms. The maximum absolute atomic E-state index is 4.31. The number of rotatable bonds is 0. The van der Waals surface area contributed by atoms with Gasteiger partial charge in [0.05, 0.1) is 29.6 Å². The van der Waals surface area contributed by atoms with Gasteiger partial charge in [-0.25, -0.2) is 0 Å². The summed E-state index contributed by atoms with van der Waals surface area (Å²) in [6.07, 6.45) is 3.56. The minimum atomic E-state index is 0.772. The highest BCUT2D eigenvalue weighted by molar-refractivity contribution is 5.99. The minimum Gasteiger partial charge on any atom is -0.378 e. The van der Waals surface area contributed by atoms with Crippen molar-refractivity contribution in [2.75, 3.05) is 11.9 Å². The zero-order chi connectivity index (χ0) is 9.38. The summed E-state index contributed by atoms with van der Waals surface area (Å²) in [5, 5.41) is 12.3. The van der Waals surface area contributed by atoms with Gasteiger partial charge < -0.3 is 5.32 Å². The smallest absolute Gasteiger partial charge is 0.0952 e. The number of hydrogen-bond donors (Lipinski definition) is 1. The Morgan fingerprint density at radius 1 is 1.21 bits per heavy atom. The minimum absolute atomic E-state index is 0.772. The summed E-state index contributed by atoms with van der Waals surface area (Å²) in [7, 11) is 0. The van der Waals surface area contributed by atoms with Crippen LogP contribution in [-0.2, 0) is 0 Å². The number of anilines is 1. The van der Waals surface area contributed by atoms with E-state index >= 15 is 0 Å². The number of fused-ring (bicyclic) bond motifs is 3. The monoisotopic (exact) mass is 184 g/mol. The summed E-state index contributed by atoms with van der Waals surface area (Å²) in [6, 6.07) is 5.84. The lowest BCUT2D eigenvalue weighted by Gasteiger charge is -2.13. The first-order valence-electron chi connectivity index (χ1n) is 4.46. The summed E-state index contributed by atoms with van der Waals surface area (Å²) in [5.41, 5.74) is 2.92. The van der Waals surface area contributed by atoms with Crippen molar-refractivity contribution in [2.45, 2.75) is 0 Å². The third-order valence-electron chi connectivity index (χ3n) is 2.27. The Bertz CT molecular complexity index is 519. The van der Waals surface area contributed by atoms with E-state index < -0.39 is 0 Å². The van der Waals surface area contributed by atoms with E-state index in [0.717, 1.165) is 28.8 Å². The van der Waals surface area contributed by atoms with Gasteiger partial charge in [-0.3, -0.25) is 4.99 Å². The molecule has 2 heterocycles. The van der Waals surface area contributed by atoms with E-state index in [1.165, 1.54) is 0 Å². The van der Waals surface area contributed by atoms with Crippen LogP contribution in [0.3, 0.4) is 0 Å². The quantitative estimate of drug-likeness (QED) is 0.678. The van der Waals surface area contributed by atoms with E-state index in [1.54, 1.807) is 6.20 Å². The van der Waals surface area contributed by atoms with Crippen molar-refractivity contribution in [2.24, 2.45) is 4.99 Å². The second kappa shape index (κ2) is 2.77. The van der Waals surface area contributed by atoms with Crippen molar-refractivity contribution in [3.63, 3.8) is 0 Å². The molecule has 14 heavy (non-hydrogen) atoms. The van der Waals surface area contributed by atoms with Crippen LogP contribution in [0, 0.1) is 0 Å². The van der Waals surface area contributed by atoms with Gasteiger partial charge in [0.1, 0.15) is 0 Å². The molecule has 1 aliphatic heterocycles. The Balaban J connectivity index is 2.41. The number of hydrogen-bond acceptors (Lipinski definition) is 4. The second-order valence-corrected chi connectivity index (χ2v) is 3.12. The normalized spacial score (nSPS) is 13.7. The van der Waals surface area contributed by atoms with Gasteiger partial charge in [-0.1, -0.05) is 0 Å². The van der Waals surface area contributed by atoms with Crippen molar-refractivity contribution in [3.05, 3.63) is 24.4 Å². The number of nitrogens with one attached hydrogen (secondary N) is 1. The molecule has 2 aromatic rings. The van der Waals surface area contributed by atoms with Crippen LogP contribution >= 0.6 is 0 Å². The topological polar surface area (TPSA) is 50.2 Å². The molecule has 0 unspecified atom stereocenters. The van der Waals surface area contributed by atoms with Crippen LogP contribution in [0.15, 0.2) is 29.4 Å². The van der Waals surface area contributed by atoms with Gasteiger partial charge in [0.15, 0.2) is 0 Å². The number of nitrogens with zero attached hydrogens (tertiary/aromatic N) is 3. The standard InChI is InChI=1S/C10H8N4/c1-2-9-10(12-6-5-11-9)7-3-4-13-14-8(1)7/h1-5,12H,6H2. The molecule has 1 aromatic heterocycles. The van der Waals surface area contributed by atoms with Gasteiger partial charge >= 0.3 is 0 Å². The van der Waals surface area contributed by atoms with Crippen LogP contribution in [0.1, 0.15) is 0 Å². The lowest BCUT2D eigenvalue weighted by atomic mass is 10.1. The summed E-state index contributed by atoms with van der Waals surface area (Å²) < 4.78 is 0. The third-order valence-corrected chi connectivity index (χ3v) is 2.27. The van der Waals surface area contributed by atoms with Crippen LogP contribution in [0.5, 0.6) is 0 Å². The maximum Gasteiger partial charge on any atom is 0.0952 e. The fraction of sp³-hybridized carbons (Fsp3) is 0.100. The van der Waals surface area contributed by atoms with Crippen LogP contribution in [0.4, 0.5) is 11.4 Å². The highest BCUT2D eigenvalue weighted by Gasteiger charge is 2.09. The maximum atomic E-state index is 4.31. The first-order chi connectivity index (χ1) is 6.95. The Morgan fingerprint density at radius 3 is 3.21 bits per heavy atom. The molecule has 0 aliphatic carbocycles. The molecule has 1 aliphatic rings. The van der Waals surface area contributed by atoms with E-state index in [0.29, 0.717) is 0 Å². The molecule has 68 valence electrons. The fourth-order valence-corrected chi connectivity index (χ4v) is 1.64. The first-order valence-corrected chi connectivity index (χ1v) is 4.46. The Labute approximate surface area is 80.7 Å². The Morgan fingerprint density at radius 2 is 2.21 bits per heavy atom. The molecule has 1 aromatic carbocycles. The second-order valence-electron chi connectivity index (χ2n) is 3.12. The molecule has 0 radical (unpaired) electrons. The average Bonchev–Trinajstić information content (AvgIpc) is 2.29. The van der Waals surface area contributed by atoms with Gasteiger partial charge in [0.2, 0.25) is 0 Å². The molecule has 0 fully saturated rings. The van der Waals surface area contributed by atoms with E-state index in [2.05, 4.69) is 20.5 Å². The zero-order valence-electron chi connectivity index (χ0n) is 7.44. The molecular weight excluding hydrogens is 176 g/mol. The van der Waals surface area contributed by atoms with Gasteiger partial charge in [-0.05, 0) is 18.2 Å². The molecule has 0 bridgehead atoms. The van der Waals surface area contributed by atoms with E-state index in [-0.39, 0.29) is 0 Å². The third kappa shape index (κ3) is 0.970. The molecule has 4 nitrogen and oxygen atoms in total. The predicted molar refractivity (Wildman–Crippen MR) is 56.2 cm³/mol. The molecule has 0 atom stereocenters. The summed E-state index contributed by atoms with van der Waals surface area (Å²) in [6.45, 7) is 0.772. The van der Waals surface area contributed by atoms with Crippen LogP contribution in [-0.4, -0.2) is 23.0 Å². The van der Waals surface area contributed by atoms with E-state index in [1.807, 2.05) is 24.4 Å². The SMILES string of the molecule is C1=Nc2ccc3nnccc3c2NC1. The molecule has 1 N–H and O–H groups in total. The van der Waals surface area contributed by atoms with E-state index in [9.17, 15) is 0 Å². The highest BCUT2D eigenvalue weighted by atomic mass is 15.1. The summed E-state index contributed by atoms with van der Waals surface area (Å²) in [4.78, 5) is 4.31. The van der Waals surface area contributed by atoms with Crippen molar-refractivity contribution in [1.82, 2.24) is 10.2 Å². The number of aromatic nitrogens is 2. The Hall–Kier alpha value is -1.97. The molecule has 0 saturated carbocycles. The average molecular weight is 184 g/mol. The van der Waals surface area contributed by atoms with Crippen molar-refractivity contribution < 1.29 is 0 Å². The summed E-state index contributed by atoms with van der Waals surface area (Å²) >= 11 is 0. The van der Waals surface area contributed by atoms with Crippen molar-refractivity contribution >= 4 is 28.5 Å². The van der Waals surface area contributed by atoms with Gasteiger partial charge in [0.25, 0.3) is 0 Å². The van der Waals surface area contributed by atoms with Gasteiger partial charge in [-0.15, -0.1) is 0 Å². The lowest BCUT2D eigenvalue weighted by molar-refractivity contribution is 1.08.